The topological polar surface area (TPSA) is 21.3 Å². The van der Waals surface area contributed by atoms with Crippen LogP contribution in [0.4, 0.5) is 0 Å². The lowest BCUT2D eigenvalue weighted by Crippen LogP contribution is -2.04. The molecule has 0 aromatic heterocycles. The molecule has 1 aromatic rings. The van der Waals surface area contributed by atoms with Gasteiger partial charge < -0.3 is 10.1 Å². The average molecular weight is 246 g/mol. The fourth-order valence-electron chi connectivity index (χ4n) is 1.21. The number of rotatable bonds is 6. The summed E-state index contributed by atoms with van der Waals surface area (Å²) in [6, 6.07) is 6.17. The van der Waals surface area contributed by atoms with Crippen LogP contribution in [0.1, 0.15) is 5.56 Å². The standard InChI is InChI=1S/C11H16ClNOS/c1-13-8-9-3-4-11(10(12)7-9)15-6-5-14-2/h3-4,7,13H,5-6,8H2,1-2H3. The highest BCUT2D eigenvalue weighted by Crippen LogP contribution is 2.27. The second-order valence-corrected chi connectivity index (χ2v) is 4.68. The maximum Gasteiger partial charge on any atom is 0.0556 e. The molecule has 2 nitrogen and oxygen atoms in total. The van der Waals surface area contributed by atoms with Crippen molar-refractivity contribution >= 4 is 23.4 Å². The monoisotopic (exact) mass is 245 g/mol. The van der Waals surface area contributed by atoms with Gasteiger partial charge in [-0.1, -0.05) is 17.7 Å². The minimum Gasteiger partial charge on any atom is -0.384 e. The number of benzene rings is 1. The highest BCUT2D eigenvalue weighted by atomic mass is 35.5. The van der Waals surface area contributed by atoms with Crippen LogP contribution < -0.4 is 5.32 Å². The van der Waals surface area contributed by atoms with Gasteiger partial charge in [0.1, 0.15) is 0 Å². The van der Waals surface area contributed by atoms with Gasteiger partial charge in [0.05, 0.1) is 11.6 Å². The Balaban J connectivity index is 2.58. The Labute approximate surface area is 100 Å². The van der Waals surface area contributed by atoms with Crippen LogP contribution >= 0.6 is 23.4 Å². The largest absolute Gasteiger partial charge is 0.384 e. The summed E-state index contributed by atoms with van der Waals surface area (Å²) < 4.78 is 4.99. The maximum atomic E-state index is 6.15. The molecule has 0 bridgehead atoms. The molecule has 0 saturated carbocycles. The Morgan fingerprint density at radius 3 is 2.87 bits per heavy atom. The van der Waals surface area contributed by atoms with E-state index in [1.165, 1.54) is 5.56 Å². The van der Waals surface area contributed by atoms with Crippen LogP contribution in [0.25, 0.3) is 0 Å². The number of halogens is 1. The van der Waals surface area contributed by atoms with Crippen LogP contribution in [0.2, 0.25) is 5.02 Å². The van der Waals surface area contributed by atoms with E-state index in [0.29, 0.717) is 0 Å². The molecule has 84 valence electrons. The smallest absolute Gasteiger partial charge is 0.0556 e. The molecule has 0 aliphatic rings. The SMILES string of the molecule is CNCc1ccc(SCCOC)c(Cl)c1. The first kappa shape index (κ1) is 12.8. The average Bonchev–Trinajstić information content (AvgIpc) is 2.22. The maximum absolute atomic E-state index is 6.15. The summed E-state index contributed by atoms with van der Waals surface area (Å²) in [5, 5.41) is 3.92. The fraction of sp³-hybridized carbons (Fsp3) is 0.455. The van der Waals surface area contributed by atoms with E-state index in [0.717, 1.165) is 28.8 Å². The van der Waals surface area contributed by atoms with Crippen LogP contribution in [0, 0.1) is 0 Å². The summed E-state index contributed by atoms with van der Waals surface area (Å²) in [5.41, 5.74) is 1.21. The van der Waals surface area contributed by atoms with Crippen molar-refractivity contribution in [1.82, 2.24) is 5.32 Å². The second kappa shape index (κ2) is 7.12. The molecular weight excluding hydrogens is 230 g/mol. The zero-order valence-electron chi connectivity index (χ0n) is 9.05. The number of thioether (sulfide) groups is 1. The summed E-state index contributed by atoms with van der Waals surface area (Å²) >= 11 is 7.88. The van der Waals surface area contributed by atoms with Gasteiger partial charge in [-0.2, -0.15) is 0 Å². The van der Waals surface area contributed by atoms with Gasteiger partial charge in [0.15, 0.2) is 0 Å². The molecule has 4 heteroatoms. The normalized spacial score (nSPS) is 10.6. The second-order valence-electron chi connectivity index (χ2n) is 3.14. The Bertz CT molecular complexity index is 307. The highest BCUT2D eigenvalue weighted by Gasteiger charge is 2.02. The lowest BCUT2D eigenvalue weighted by Gasteiger charge is -2.06. The lowest BCUT2D eigenvalue weighted by atomic mass is 10.2. The van der Waals surface area contributed by atoms with Crippen molar-refractivity contribution in [2.24, 2.45) is 0 Å². The molecule has 1 rings (SSSR count). The molecule has 0 aliphatic carbocycles. The van der Waals surface area contributed by atoms with Crippen molar-refractivity contribution in [3.05, 3.63) is 28.8 Å². The summed E-state index contributed by atoms with van der Waals surface area (Å²) in [6.07, 6.45) is 0. The van der Waals surface area contributed by atoms with Gasteiger partial charge in [-0.05, 0) is 24.7 Å². The van der Waals surface area contributed by atoms with Crippen molar-refractivity contribution < 1.29 is 4.74 Å². The first-order chi connectivity index (χ1) is 7.27. The van der Waals surface area contributed by atoms with Gasteiger partial charge in [-0.15, -0.1) is 11.8 Å². The van der Waals surface area contributed by atoms with Crippen LogP contribution in [0.15, 0.2) is 23.1 Å². The molecule has 15 heavy (non-hydrogen) atoms. The van der Waals surface area contributed by atoms with Crippen LogP contribution in [0.5, 0.6) is 0 Å². The van der Waals surface area contributed by atoms with Gasteiger partial charge in [0.25, 0.3) is 0 Å². The molecule has 1 aromatic carbocycles. The quantitative estimate of drug-likeness (QED) is 0.615. The summed E-state index contributed by atoms with van der Waals surface area (Å²) in [4.78, 5) is 1.12. The van der Waals surface area contributed by atoms with E-state index in [2.05, 4.69) is 17.4 Å². The van der Waals surface area contributed by atoms with Crippen LogP contribution in [-0.4, -0.2) is 26.5 Å². The molecule has 0 fully saturated rings. The van der Waals surface area contributed by atoms with Gasteiger partial charge >= 0.3 is 0 Å². The first-order valence-electron chi connectivity index (χ1n) is 4.82. The molecule has 0 unspecified atom stereocenters. The number of hydrogen-bond donors (Lipinski definition) is 1. The Morgan fingerprint density at radius 1 is 1.47 bits per heavy atom. The number of methoxy groups -OCH3 is 1. The highest BCUT2D eigenvalue weighted by molar-refractivity contribution is 7.99. The Morgan fingerprint density at radius 2 is 2.27 bits per heavy atom. The number of hydrogen-bond acceptors (Lipinski definition) is 3. The molecule has 0 saturated heterocycles. The van der Waals surface area contributed by atoms with E-state index in [4.69, 9.17) is 16.3 Å². The molecule has 0 amide bonds. The summed E-state index contributed by atoms with van der Waals surface area (Å²) in [6.45, 7) is 1.60. The summed E-state index contributed by atoms with van der Waals surface area (Å²) in [7, 11) is 3.63. The van der Waals surface area contributed by atoms with E-state index < -0.39 is 0 Å². The minimum atomic E-state index is 0.749. The van der Waals surface area contributed by atoms with Crippen molar-refractivity contribution in [2.45, 2.75) is 11.4 Å². The van der Waals surface area contributed by atoms with Gasteiger partial charge in [0.2, 0.25) is 0 Å². The zero-order chi connectivity index (χ0) is 11.1. The zero-order valence-corrected chi connectivity index (χ0v) is 10.6. The third kappa shape index (κ3) is 4.43. The van der Waals surface area contributed by atoms with Crippen molar-refractivity contribution in [3.63, 3.8) is 0 Å². The number of ether oxygens (including phenoxy) is 1. The van der Waals surface area contributed by atoms with E-state index >= 15 is 0 Å². The van der Waals surface area contributed by atoms with Gasteiger partial charge in [-0.25, -0.2) is 0 Å². The van der Waals surface area contributed by atoms with E-state index in [9.17, 15) is 0 Å². The van der Waals surface area contributed by atoms with Crippen molar-refractivity contribution in [3.8, 4) is 0 Å². The van der Waals surface area contributed by atoms with Crippen molar-refractivity contribution in [2.75, 3.05) is 26.5 Å². The molecule has 1 N–H and O–H groups in total. The Hall–Kier alpha value is -0.220. The van der Waals surface area contributed by atoms with Crippen LogP contribution in [-0.2, 0) is 11.3 Å². The number of nitrogens with one attached hydrogen (secondary N) is 1. The molecule has 0 radical (unpaired) electrons. The first-order valence-corrected chi connectivity index (χ1v) is 6.19. The van der Waals surface area contributed by atoms with Crippen molar-refractivity contribution in [1.29, 1.82) is 0 Å². The van der Waals surface area contributed by atoms with E-state index in [-0.39, 0.29) is 0 Å². The minimum absolute atomic E-state index is 0.749. The van der Waals surface area contributed by atoms with Gasteiger partial charge in [0, 0.05) is 24.3 Å². The molecule has 0 aliphatic heterocycles. The molecule has 0 spiro atoms. The Kier molecular flexibility index (Phi) is 6.10. The molecule has 0 atom stereocenters. The predicted molar refractivity (Wildman–Crippen MR) is 66.8 cm³/mol. The third-order valence-electron chi connectivity index (χ3n) is 1.92. The molecular formula is C11H16ClNOS. The fourth-order valence-corrected chi connectivity index (χ4v) is 2.41. The predicted octanol–water partition coefficient (Wildman–Crippen LogP) is 2.80. The van der Waals surface area contributed by atoms with Crippen LogP contribution in [0.3, 0.4) is 0 Å². The summed E-state index contributed by atoms with van der Waals surface area (Å²) in [5.74, 6) is 0.932. The third-order valence-corrected chi connectivity index (χ3v) is 3.38. The molecule has 0 heterocycles. The van der Waals surface area contributed by atoms with E-state index in [1.54, 1.807) is 18.9 Å². The van der Waals surface area contributed by atoms with Gasteiger partial charge in [-0.3, -0.25) is 0 Å². The lowest BCUT2D eigenvalue weighted by molar-refractivity contribution is 0.218. The van der Waals surface area contributed by atoms with E-state index in [1.807, 2.05) is 13.1 Å².